The number of nitrogens with zero attached hydrogens (tertiary/aromatic N) is 2. The van der Waals surface area contributed by atoms with Crippen LogP contribution in [0.15, 0.2) is 70.6 Å². The fourth-order valence-electron chi connectivity index (χ4n) is 3.15. The highest BCUT2D eigenvalue weighted by atomic mass is 35.5. The number of pyridine rings is 1. The molecule has 2 aromatic carbocycles. The maximum Gasteiger partial charge on any atom is 0.335 e. The standard InChI is InChI=1S/C22H17ClN2O2S/c1-13-10-19(14(2)24-21(13)23)25-12-20(17-8-3-4-9-18(17)25)28-16-7-5-6-15(11-16)22(26)27/h3-12H,1-2H3,(H,26,27). The molecule has 0 amide bonds. The van der Waals surface area contributed by atoms with E-state index in [-0.39, 0.29) is 5.56 Å². The maximum atomic E-state index is 11.3. The van der Waals surface area contributed by atoms with Crippen molar-refractivity contribution in [1.82, 2.24) is 9.55 Å². The molecule has 0 fully saturated rings. The SMILES string of the molecule is Cc1cc(-n2cc(Sc3cccc(C(=O)O)c3)c3ccccc32)c(C)nc1Cl. The van der Waals surface area contributed by atoms with Gasteiger partial charge in [-0.25, -0.2) is 9.78 Å². The molecule has 140 valence electrons. The third-order valence-corrected chi connectivity index (χ3v) is 5.98. The van der Waals surface area contributed by atoms with Crippen LogP contribution >= 0.6 is 23.4 Å². The normalized spacial score (nSPS) is 11.1. The van der Waals surface area contributed by atoms with Crippen LogP contribution in [-0.4, -0.2) is 20.6 Å². The van der Waals surface area contributed by atoms with Gasteiger partial charge in [0.15, 0.2) is 0 Å². The molecule has 0 aliphatic rings. The summed E-state index contributed by atoms with van der Waals surface area (Å²) in [6.45, 7) is 3.88. The first-order valence-electron chi connectivity index (χ1n) is 8.69. The monoisotopic (exact) mass is 408 g/mol. The van der Waals surface area contributed by atoms with Crippen molar-refractivity contribution in [3.8, 4) is 5.69 Å². The van der Waals surface area contributed by atoms with Crippen molar-refractivity contribution < 1.29 is 9.90 Å². The van der Waals surface area contributed by atoms with Crippen LogP contribution in [0.4, 0.5) is 0 Å². The summed E-state index contributed by atoms with van der Waals surface area (Å²) >= 11 is 7.72. The van der Waals surface area contributed by atoms with E-state index in [0.29, 0.717) is 5.15 Å². The molecule has 0 aliphatic carbocycles. The number of carboxylic acid groups (broad SMARTS) is 1. The van der Waals surface area contributed by atoms with Crippen molar-refractivity contribution in [1.29, 1.82) is 0 Å². The van der Waals surface area contributed by atoms with E-state index in [2.05, 4.69) is 27.9 Å². The molecular formula is C22H17ClN2O2S. The van der Waals surface area contributed by atoms with Gasteiger partial charge in [0.05, 0.1) is 22.5 Å². The van der Waals surface area contributed by atoms with Gasteiger partial charge in [-0.15, -0.1) is 0 Å². The summed E-state index contributed by atoms with van der Waals surface area (Å²) in [6.07, 6.45) is 2.07. The lowest BCUT2D eigenvalue weighted by atomic mass is 10.2. The molecule has 0 aliphatic heterocycles. The number of hydrogen-bond acceptors (Lipinski definition) is 3. The number of rotatable bonds is 4. The van der Waals surface area contributed by atoms with Gasteiger partial charge in [0.25, 0.3) is 0 Å². The summed E-state index contributed by atoms with van der Waals surface area (Å²) in [5, 5.41) is 10.9. The van der Waals surface area contributed by atoms with E-state index < -0.39 is 5.97 Å². The number of fused-ring (bicyclic) bond motifs is 1. The predicted octanol–water partition coefficient (Wildman–Crippen LogP) is 6.15. The smallest absolute Gasteiger partial charge is 0.335 e. The van der Waals surface area contributed by atoms with Crippen LogP contribution in [0.3, 0.4) is 0 Å². The number of aromatic nitrogens is 2. The largest absolute Gasteiger partial charge is 0.478 e. The third kappa shape index (κ3) is 3.39. The van der Waals surface area contributed by atoms with Crippen LogP contribution < -0.4 is 0 Å². The molecule has 2 aromatic heterocycles. The summed E-state index contributed by atoms with van der Waals surface area (Å²) in [7, 11) is 0. The van der Waals surface area contributed by atoms with Crippen molar-refractivity contribution in [2.45, 2.75) is 23.6 Å². The molecule has 0 atom stereocenters. The van der Waals surface area contributed by atoms with Crippen molar-refractivity contribution in [2.24, 2.45) is 0 Å². The second-order valence-electron chi connectivity index (χ2n) is 6.52. The number of carbonyl (C=O) groups is 1. The van der Waals surface area contributed by atoms with Gasteiger partial charge < -0.3 is 9.67 Å². The lowest BCUT2D eigenvalue weighted by Gasteiger charge is -2.10. The molecule has 0 saturated heterocycles. The van der Waals surface area contributed by atoms with E-state index in [1.807, 2.05) is 38.1 Å². The molecule has 2 heterocycles. The van der Waals surface area contributed by atoms with E-state index in [1.165, 1.54) is 0 Å². The summed E-state index contributed by atoms with van der Waals surface area (Å²) in [6, 6.07) is 17.2. The number of carboxylic acids is 1. The van der Waals surface area contributed by atoms with E-state index in [9.17, 15) is 9.90 Å². The third-order valence-electron chi connectivity index (χ3n) is 4.56. The van der Waals surface area contributed by atoms with Gasteiger partial charge in [0, 0.05) is 21.4 Å². The number of halogens is 1. The maximum absolute atomic E-state index is 11.3. The van der Waals surface area contributed by atoms with E-state index >= 15 is 0 Å². The molecule has 6 heteroatoms. The van der Waals surface area contributed by atoms with Gasteiger partial charge in [-0.2, -0.15) is 0 Å². The van der Waals surface area contributed by atoms with Gasteiger partial charge in [-0.1, -0.05) is 47.6 Å². The van der Waals surface area contributed by atoms with Gasteiger partial charge in [-0.05, 0) is 49.7 Å². The van der Waals surface area contributed by atoms with Crippen molar-refractivity contribution in [2.75, 3.05) is 0 Å². The first-order valence-corrected chi connectivity index (χ1v) is 9.89. The fourth-order valence-corrected chi connectivity index (χ4v) is 4.36. The summed E-state index contributed by atoms with van der Waals surface area (Å²) in [5.41, 5.74) is 4.08. The van der Waals surface area contributed by atoms with E-state index in [4.69, 9.17) is 11.6 Å². The van der Waals surface area contributed by atoms with E-state index in [1.54, 1.807) is 30.0 Å². The van der Waals surface area contributed by atoms with Gasteiger partial charge in [0.2, 0.25) is 0 Å². The zero-order valence-corrected chi connectivity index (χ0v) is 16.9. The first kappa shape index (κ1) is 18.6. The van der Waals surface area contributed by atoms with Gasteiger partial charge in [-0.3, -0.25) is 0 Å². The number of aromatic carboxylic acids is 1. The number of aryl methyl sites for hydroxylation is 2. The van der Waals surface area contributed by atoms with Crippen molar-refractivity contribution >= 4 is 40.2 Å². The lowest BCUT2D eigenvalue weighted by molar-refractivity contribution is 0.0696. The highest BCUT2D eigenvalue weighted by Crippen LogP contribution is 2.37. The minimum absolute atomic E-state index is 0.280. The second kappa shape index (κ2) is 7.34. The molecule has 0 radical (unpaired) electrons. The Labute approximate surface area is 171 Å². The molecule has 0 spiro atoms. The summed E-state index contributed by atoms with van der Waals surface area (Å²) in [4.78, 5) is 17.7. The Balaban J connectivity index is 1.85. The Morgan fingerprint density at radius 1 is 1.11 bits per heavy atom. The zero-order chi connectivity index (χ0) is 19.8. The molecule has 0 saturated carbocycles. The average molecular weight is 409 g/mol. The number of benzene rings is 2. The molecule has 4 rings (SSSR count). The lowest BCUT2D eigenvalue weighted by Crippen LogP contribution is -1.99. The first-order chi connectivity index (χ1) is 13.4. The minimum atomic E-state index is -0.928. The molecule has 4 aromatic rings. The number of hydrogen-bond donors (Lipinski definition) is 1. The summed E-state index contributed by atoms with van der Waals surface area (Å²) < 4.78 is 2.12. The highest BCUT2D eigenvalue weighted by molar-refractivity contribution is 7.99. The molecule has 0 unspecified atom stereocenters. The van der Waals surface area contributed by atoms with Crippen LogP contribution in [0.5, 0.6) is 0 Å². The fraction of sp³-hybridized carbons (Fsp3) is 0.0909. The van der Waals surface area contributed by atoms with Crippen LogP contribution in [-0.2, 0) is 0 Å². The van der Waals surface area contributed by atoms with Gasteiger partial charge >= 0.3 is 5.97 Å². The Hall–Kier alpha value is -2.76. The van der Waals surface area contributed by atoms with Crippen molar-refractivity contribution in [3.63, 3.8) is 0 Å². The topological polar surface area (TPSA) is 55.1 Å². The quantitative estimate of drug-likeness (QED) is 0.412. The average Bonchev–Trinajstić information content (AvgIpc) is 3.03. The van der Waals surface area contributed by atoms with E-state index in [0.717, 1.165) is 37.6 Å². The Kier molecular flexibility index (Phi) is 4.87. The Morgan fingerprint density at radius 2 is 1.89 bits per heavy atom. The van der Waals surface area contributed by atoms with Crippen LogP contribution in [0.25, 0.3) is 16.6 Å². The van der Waals surface area contributed by atoms with Crippen molar-refractivity contribution in [3.05, 3.63) is 82.8 Å². The summed E-state index contributed by atoms with van der Waals surface area (Å²) in [5.74, 6) is -0.928. The highest BCUT2D eigenvalue weighted by Gasteiger charge is 2.14. The van der Waals surface area contributed by atoms with Gasteiger partial charge in [0.1, 0.15) is 5.15 Å². The van der Waals surface area contributed by atoms with Crippen LogP contribution in [0, 0.1) is 13.8 Å². The molecule has 0 bridgehead atoms. The van der Waals surface area contributed by atoms with Crippen LogP contribution in [0.2, 0.25) is 5.15 Å². The number of para-hydroxylation sites is 1. The molecular weight excluding hydrogens is 392 g/mol. The van der Waals surface area contributed by atoms with Crippen LogP contribution in [0.1, 0.15) is 21.6 Å². The molecule has 4 nitrogen and oxygen atoms in total. The molecule has 1 N–H and O–H groups in total. The Bertz CT molecular complexity index is 1220. The second-order valence-corrected chi connectivity index (χ2v) is 7.99. The predicted molar refractivity (Wildman–Crippen MR) is 113 cm³/mol. The Morgan fingerprint density at radius 3 is 2.68 bits per heavy atom. The zero-order valence-electron chi connectivity index (χ0n) is 15.3. The minimum Gasteiger partial charge on any atom is -0.478 e. The molecule has 28 heavy (non-hydrogen) atoms.